The van der Waals surface area contributed by atoms with Gasteiger partial charge in [0, 0.05) is 24.2 Å². The fourth-order valence-electron chi connectivity index (χ4n) is 1.56. The van der Waals surface area contributed by atoms with Crippen molar-refractivity contribution in [2.75, 3.05) is 0 Å². The van der Waals surface area contributed by atoms with E-state index in [1.54, 1.807) is 6.20 Å². The number of nitrogens with zero attached hydrogens (tertiary/aromatic N) is 1. The number of benzene rings is 1. The van der Waals surface area contributed by atoms with E-state index in [1.165, 1.54) is 5.56 Å². The van der Waals surface area contributed by atoms with Gasteiger partial charge < -0.3 is 4.98 Å². The molecule has 0 spiro atoms. The summed E-state index contributed by atoms with van der Waals surface area (Å²) in [5.41, 5.74) is 1.27. The average molecular weight is 221 g/mol. The summed E-state index contributed by atoms with van der Waals surface area (Å²) >= 11 is 6.25. The highest BCUT2D eigenvalue weighted by atomic mass is 35.5. The van der Waals surface area contributed by atoms with Crippen LogP contribution in [0.3, 0.4) is 0 Å². The number of alkyl halides is 1. The second-order valence-electron chi connectivity index (χ2n) is 3.53. The molecule has 1 atom stereocenters. The molecule has 0 aliphatic rings. The Balaban J connectivity index is 1.90. The zero-order valence-electron chi connectivity index (χ0n) is 8.36. The Morgan fingerprint density at radius 3 is 2.67 bits per heavy atom. The number of aromatic amines is 1. The Kier molecular flexibility index (Phi) is 3.41. The Bertz CT molecular complexity index is 383. The third-order valence-corrected chi connectivity index (χ3v) is 2.58. The van der Waals surface area contributed by atoms with E-state index in [2.05, 4.69) is 22.1 Å². The van der Waals surface area contributed by atoms with E-state index in [4.69, 9.17) is 11.6 Å². The second-order valence-corrected chi connectivity index (χ2v) is 4.14. The van der Waals surface area contributed by atoms with Gasteiger partial charge in [-0.05, 0) is 12.0 Å². The minimum absolute atomic E-state index is 0.0959. The highest BCUT2D eigenvalue weighted by Crippen LogP contribution is 2.11. The first kappa shape index (κ1) is 10.2. The molecule has 1 aromatic carbocycles. The van der Waals surface area contributed by atoms with Crippen molar-refractivity contribution in [2.45, 2.75) is 18.2 Å². The van der Waals surface area contributed by atoms with Gasteiger partial charge in [-0.15, -0.1) is 11.6 Å². The normalized spacial score (nSPS) is 12.6. The maximum Gasteiger partial charge on any atom is 0.107 e. The van der Waals surface area contributed by atoms with E-state index >= 15 is 0 Å². The Hall–Kier alpha value is -1.28. The number of imidazole rings is 1. The molecule has 0 aliphatic heterocycles. The SMILES string of the molecule is ClC(Cc1ccccc1)Cc1ncc[nH]1. The zero-order valence-corrected chi connectivity index (χ0v) is 9.11. The molecule has 0 aliphatic carbocycles. The summed E-state index contributed by atoms with van der Waals surface area (Å²) in [4.78, 5) is 7.22. The third kappa shape index (κ3) is 3.10. The van der Waals surface area contributed by atoms with Crippen LogP contribution in [0.2, 0.25) is 0 Å². The fraction of sp³-hybridized carbons (Fsp3) is 0.250. The van der Waals surface area contributed by atoms with Gasteiger partial charge in [-0.2, -0.15) is 0 Å². The van der Waals surface area contributed by atoms with Gasteiger partial charge in [0.05, 0.1) is 0 Å². The van der Waals surface area contributed by atoms with E-state index in [1.807, 2.05) is 24.4 Å². The molecule has 1 N–H and O–H groups in total. The van der Waals surface area contributed by atoms with Crippen LogP contribution in [0.5, 0.6) is 0 Å². The number of H-pyrrole nitrogens is 1. The minimum atomic E-state index is 0.0959. The molecule has 1 unspecified atom stereocenters. The number of nitrogens with one attached hydrogen (secondary N) is 1. The first-order valence-electron chi connectivity index (χ1n) is 5.01. The molecule has 15 heavy (non-hydrogen) atoms. The van der Waals surface area contributed by atoms with Crippen molar-refractivity contribution in [1.29, 1.82) is 0 Å². The zero-order chi connectivity index (χ0) is 10.5. The van der Waals surface area contributed by atoms with Gasteiger partial charge in [-0.25, -0.2) is 4.98 Å². The van der Waals surface area contributed by atoms with Crippen molar-refractivity contribution in [2.24, 2.45) is 0 Å². The van der Waals surface area contributed by atoms with Crippen molar-refractivity contribution in [3.63, 3.8) is 0 Å². The number of hydrogen-bond acceptors (Lipinski definition) is 1. The lowest BCUT2D eigenvalue weighted by Crippen LogP contribution is -2.08. The lowest BCUT2D eigenvalue weighted by Gasteiger charge is -2.07. The third-order valence-electron chi connectivity index (χ3n) is 2.27. The number of halogens is 1. The molecule has 78 valence electrons. The van der Waals surface area contributed by atoms with Crippen LogP contribution in [0.1, 0.15) is 11.4 Å². The topological polar surface area (TPSA) is 28.7 Å². The van der Waals surface area contributed by atoms with Gasteiger partial charge >= 0.3 is 0 Å². The number of aromatic nitrogens is 2. The van der Waals surface area contributed by atoms with Crippen LogP contribution in [0.25, 0.3) is 0 Å². The molecule has 0 fully saturated rings. The maximum absolute atomic E-state index is 6.25. The molecule has 0 radical (unpaired) electrons. The predicted octanol–water partition coefficient (Wildman–Crippen LogP) is 2.80. The van der Waals surface area contributed by atoms with Crippen LogP contribution in [-0.4, -0.2) is 15.3 Å². The molecule has 3 heteroatoms. The van der Waals surface area contributed by atoms with E-state index in [0.29, 0.717) is 0 Å². The van der Waals surface area contributed by atoms with Crippen LogP contribution >= 0.6 is 11.6 Å². The first-order chi connectivity index (χ1) is 7.34. The van der Waals surface area contributed by atoms with E-state index in [-0.39, 0.29) is 5.38 Å². The van der Waals surface area contributed by atoms with E-state index < -0.39 is 0 Å². The van der Waals surface area contributed by atoms with Crippen molar-refractivity contribution in [3.8, 4) is 0 Å². The summed E-state index contributed by atoms with van der Waals surface area (Å²) in [6.45, 7) is 0. The summed E-state index contributed by atoms with van der Waals surface area (Å²) in [7, 11) is 0. The molecule has 0 saturated carbocycles. The lowest BCUT2D eigenvalue weighted by atomic mass is 10.1. The molecule has 2 aromatic rings. The largest absolute Gasteiger partial charge is 0.349 e. The smallest absolute Gasteiger partial charge is 0.107 e. The molecule has 0 saturated heterocycles. The molecule has 2 rings (SSSR count). The molecular weight excluding hydrogens is 208 g/mol. The first-order valence-corrected chi connectivity index (χ1v) is 5.44. The van der Waals surface area contributed by atoms with Crippen LogP contribution in [0.4, 0.5) is 0 Å². The highest BCUT2D eigenvalue weighted by molar-refractivity contribution is 6.20. The van der Waals surface area contributed by atoms with Gasteiger partial charge in [-0.1, -0.05) is 30.3 Å². The standard InChI is InChI=1S/C12H13ClN2/c13-11(9-12-14-6-7-15-12)8-10-4-2-1-3-5-10/h1-7,11H,8-9H2,(H,14,15). The molecule has 0 amide bonds. The quantitative estimate of drug-likeness (QED) is 0.789. The average Bonchev–Trinajstić information content (AvgIpc) is 2.71. The van der Waals surface area contributed by atoms with Crippen LogP contribution in [0.15, 0.2) is 42.7 Å². The summed E-state index contributed by atoms with van der Waals surface area (Å²) in [6, 6.07) is 10.3. The molecule has 1 aromatic heterocycles. The minimum Gasteiger partial charge on any atom is -0.349 e. The summed E-state index contributed by atoms with van der Waals surface area (Å²) in [5.74, 6) is 0.950. The molecular formula is C12H13ClN2. The van der Waals surface area contributed by atoms with Gasteiger partial charge in [0.25, 0.3) is 0 Å². The van der Waals surface area contributed by atoms with Crippen molar-refractivity contribution < 1.29 is 0 Å². The Morgan fingerprint density at radius 1 is 1.20 bits per heavy atom. The van der Waals surface area contributed by atoms with Gasteiger partial charge in [0.15, 0.2) is 0 Å². The summed E-state index contributed by atoms with van der Waals surface area (Å²) < 4.78 is 0. The summed E-state index contributed by atoms with van der Waals surface area (Å²) in [5, 5.41) is 0.0959. The number of hydrogen-bond donors (Lipinski definition) is 1. The Labute approximate surface area is 94.3 Å². The monoisotopic (exact) mass is 220 g/mol. The van der Waals surface area contributed by atoms with Crippen molar-refractivity contribution in [3.05, 3.63) is 54.1 Å². The maximum atomic E-state index is 6.25. The number of rotatable bonds is 4. The van der Waals surface area contributed by atoms with Crippen LogP contribution in [0, 0.1) is 0 Å². The van der Waals surface area contributed by atoms with Crippen LogP contribution < -0.4 is 0 Å². The van der Waals surface area contributed by atoms with Gasteiger partial charge in [0.2, 0.25) is 0 Å². The van der Waals surface area contributed by atoms with Gasteiger partial charge in [0.1, 0.15) is 5.82 Å². The van der Waals surface area contributed by atoms with Crippen molar-refractivity contribution in [1.82, 2.24) is 9.97 Å². The highest BCUT2D eigenvalue weighted by Gasteiger charge is 2.08. The lowest BCUT2D eigenvalue weighted by molar-refractivity contribution is 0.792. The summed E-state index contributed by atoms with van der Waals surface area (Å²) in [6.07, 6.45) is 5.23. The predicted molar refractivity (Wildman–Crippen MR) is 62.1 cm³/mol. The van der Waals surface area contributed by atoms with Crippen LogP contribution in [-0.2, 0) is 12.8 Å². The fourth-order valence-corrected chi connectivity index (χ4v) is 1.89. The van der Waals surface area contributed by atoms with E-state index in [9.17, 15) is 0 Å². The molecule has 1 heterocycles. The second kappa shape index (κ2) is 4.99. The van der Waals surface area contributed by atoms with Gasteiger partial charge in [-0.3, -0.25) is 0 Å². The molecule has 0 bridgehead atoms. The van der Waals surface area contributed by atoms with E-state index in [0.717, 1.165) is 18.7 Å². The van der Waals surface area contributed by atoms with Crippen molar-refractivity contribution >= 4 is 11.6 Å². The molecule has 2 nitrogen and oxygen atoms in total. The Morgan fingerprint density at radius 2 is 2.00 bits per heavy atom.